The molecule has 0 unspecified atom stereocenters. The third-order valence-corrected chi connectivity index (χ3v) is 3.85. The average Bonchev–Trinajstić information content (AvgIpc) is 3.39. The van der Waals surface area contributed by atoms with Crippen LogP contribution in [0.25, 0.3) is 0 Å². The molecule has 0 radical (unpaired) electrons. The van der Waals surface area contributed by atoms with Gasteiger partial charge >= 0.3 is 11.9 Å². The molecule has 0 spiro atoms. The van der Waals surface area contributed by atoms with Crippen LogP contribution in [0.3, 0.4) is 0 Å². The van der Waals surface area contributed by atoms with Gasteiger partial charge in [-0.15, -0.1) is 0 Å². The summed E-state index contributed by atoms with van der Waals surface area (Å²) in [6.45, 7) is 0.826. The van der Waals surface area contributed by atoms with Crippen molar-refractivity contribution in [1.29, 1.82) is 0 Å². The van der Waals surface area contributed by atoms with Crippen molar-refractivity contribution in [1.82, 2.24) is 20.6 Å². The van der Waals surface area contributed by atoms with Crippen LogP contribution >= 0.6 is 0 Å². The Bertz CT molecular complexity index is 784. The summed E-state index contributed by atoms with van der Waals surface area (Å²) in [4.78, 5) is 52.0. The Labute approximate surface area is 161 Å². The van der Waals surface area contributed by atoms with Gasteiger partial charge in [0.2, 0.25) is 0 Å². The third-order valence-electron chi connectivity index (χ3n) is 3.85. The SMILES string of the molecule is COC(=O)c1ccc(C(=O)NCCCCNC(=O)c2ccc(C(=O)OC)[nH]2)[nH]1. The van der Waals surface area contributed by atoms with Gasteiger partial charge in [0.25, 0.3) is 11.8 Å². The van der Waals surface area contributed by atoms with Gasteiger partial charge in [-0.3, -0.25) is 9.59 Å². The topological polar surface area (TPSA) is 142 Å². The normalized spacial score (nSPS) is 10.2. The van der Waals surface area contributed by atoms with E-state index in [0.29, 0.717) is 25.9 Å². The Morgan fingerprint density at radius 2 is 1.07 bits per heavy atom. The minimum atomic E-state index is -0.546. The number of methoxy groups -OCH3 is 2. The number of aromatic nitrogens is 2. The molecule has 10 heteroatoms. The summed E-state index contributed by atoms with van der Waals surface area (Å²) < 4.78 is 9.13. The summed E-state index contributed by atoms with van der Waals surface area (Å²) in [5.41, 5.74) is 0.939. The standard InChI is InChI=1S/C18H22N4O6/c1-27-17(25)13-7-5-11(21-13)15(23)19-9-3-4-10-20-16(24)12-6-8-14(22-12)18(26)28-2/h5-8,21-22H,3-4,9-10H2,1-2H3,(H,19,23)(H,20,24). The minimum Gasteiger partial charge on any atom is -0.464 e. The lowest BCUT2D eigenvalue weighted by molar-refractivity contribution is 0.0585. The van der Waals surface area contributed by atoms with E-state index in [-0.39, 0.29) is 34.6 Å². The summed E-state index contributed by atoms with van der Waals surface area (Å²) in [6.07, 6.45) is 1.30. The van der Waals surface area contributed by atoms with Crippen LogP contribution in [-0.4, -0.2) is 61.0 Å². The maximum absolute atomic E-state index is 12.0. The number of hydrogen-bond donors (Lipinski definition) is 4. The van der Waals surface area contributed by atoms with Crippen LogP contribution < -0.4 is 10.6 Å². The van der Waals surface area contributed by atoms with E-state index in [0.717, 1.165) is 0 Å². The van der Waals surface area contributed by atoms with Crippen molar-refractivity contribution in [2.24, 2.45) is 0 Å². The molecule has 150 valence electrons. The van der Waals surface area contributed by atoms with E-state index in [1.165, 1.54) is 38.5 Å². The van der Waals surface area contributed by atoms with Crippen LogP contribution in [0.5, 0.6) is 0 Å². The molecule has 0 bridgehead atoms. The fourth-order valence-electron chi connectivity index (χ4n) is 2.36. The number of nitrogens with one attached hydrogen (secondary N) is 4. The molecule has 0 atom stereocenters. The quantitative estimate of drug-likeness (QED) is 0.369. The number of H-pyrrole nitrogens is 2. The molecule has 28 heavy (non-hydrogen) atoms. The van der Waals surface area contributed by atoms with Crippen LogP contribution in [-0.2, 0) is 9.47 Å². The van der Waals surface area contributed by atoms with Gasteiger partial charge in [0.05, 0.1) is 14.2 Å². The Balaban J connectivity index is 1.65. The van der Waals surface area contributed by atoms with E-state index in [1.807, 2.05) is 0 Å². The van der Waals surface area contributed by atoms with Gasteiger partial charge in [0.15, 0.2) is 0 Å². The first-order valence-electron chi connectivity index (χ1n) is 8.57. The fourth-order valence-corrected chi connectivity index (χ4v) is 2.36. The number of amides is 2. The van der Waals surface area contributed by atoms with Gasteiger partial charge in [-0.05, 0) is 37.1 Å². The Morgan fingerprint density at radius 1 is 0.714 bits per heavy atom. The van der Waals surface area contributed by atoms with Gasteiger partial charge in [-0.25, -0.2) is 9.59 Å². The molecule has 2 aromatic rings. The molecule has 0 aliphatic heterocycles. The van der Waals surface area contributed by atoms with Gasteiger partial charge in [0.1, 0.15) is 22.8 Å². The second-order valence-corrected chi connectivity index (χ2v) is 5.77. The number of unbranched alkanes of at least 4 members (excludes halogenated alkanes) is 1. The molecular formula is C18H22N4O6. The number of hydrogen-bond acceptors (Lipinski definition) is 6. The Morgan fingerprint density at radius 3 is 1.43 bits per heavy atom. The van der Waals surface area contributed by atoms with E-state index in [4.69, 9.17) is 0 Å². The van der Waals surface area contributed by atoms with Crippen molar-refractivity contribution in [3.63, 3.8) is 0 Å². The molecule has 10 nitrogen and oxygen atoms in total. The minimum absolute atomic E-state index is 0.204. The maximum Gasteiger partial charge on any atom is 0.354 e. The summed E-state index contributed by atoms with van der Waals surface area (Å²) in [5, 5.41) is 5.44. The number of aromatic amines is 2. The number of carbonyl (C=O) groups excluding carboxylic acids is 4. The average molecular weight is 390 g/mol. The largest absolute Gasteiger partial charge is 0.464 e. The monoisotopic (exact) mass is 390 g/mol. The van der Waals surface area contributed by atoms with Gasteiger partial charge < -0.3 is 30.1 Å². The highest BCUT2D eigenvalue weighted by Crippen LogP contribution is 2.04. The predicted molar refractivity (Wildman–Crippen MR) is 98.2 cm³/mol. The van der Waals surface area contributed by atoms with Gasteiger partial charge in [0, 0.05) is 13.1 Å². The van der Waals surface area contributed by atoms with Crippen LogP contribution in [0.15, 0.2) is 24.3 Å². The van der Waals surface area contributed by atoms with Crippen molar-refractivity contribution in [3.05, 3.63) is 47.0 Å². The smallest absolute Gasteiger partial charge is 0.354 e. The molecule has 0 aromatic carbocycles. The zero-order valence-corrected chi connectivity index (χ0v) is 15.6. The molecule has 2 heterocycles. The highest BCUT2D eigenvalue weighted by molar-refractivity contribution is 5.96. The van der Waals surface area contributed by atoms with Crippen LogP contribution in [0, 0.1) is 0 Å². The van der Waals surface area contributed by atoms with E-state index >= 15 is 0 Å². The molecular weight excluding hydrogens is 368 g/mol. The summed E-state index contributed by atoms with van der Waals surface area (Å²) in [5.74, 6) is -1.76. The molecule has 0 saturated carbocycles. The van der Waals surface area contributed by atoms with E-state index < -0.39 is 11.9 Å². The first-order valence-corrected chi connectivity index (χ1v) is 8.57. The van der Waals surface area contributed by atoms with Crippen LogP contribution in [0.1, 0.15) is 54.8 Å². The van der Waals surface area contributed by atoms with Crippen LogP contribution in [0.4, 0.5) is 0 Å². The Hall–Kier alpha value is -3.56. The number of rotatable bonds is 9. The molecule has 0 aliphatic rings. The third kappa shape index (κ3) is 5.47. The molecule has 2 aromatic heterocycles. The molecule has 0 saturated heterocycles. The second kappa shape index (κ2) is 9.95. The lowest BCUT2D eigenvalue weighted by Crippen LogP contribution is -2.27. The van der Waals surface area contributed by atoms with E-state index in [1.54, 1.807) is 0 Å². The molecule has 2 rings (SSSR count). The van der Waals surface area contributed by atoms with Crippen molar-refractivity contribution in [2.45, 2.75) is 12.8 Å². The lowest BCUT2D eigenvalue weighted by Gasteiger charge is -2.05. The second-order valence-electron chi connectivity index (χ2n) is 5.77. The number of carbonyl (C=O) groups is 4. The highest BCUT2D eigenvalue weighted by atomic mass is 16.5. The summed E-state index contributed by atoms with van der Waals surface area (Å²) in [7, 11) is 2.52. The highest BCUT2D eigenvalue weighted by Gasteiger charge is 2.13. The molecule has 0 fully saturated rings. The van der Waals surface area contributed by atoms with Crippen molar-refractivity contribution >= 4 is 23.8 Å². The predicted octanol–water partition coefficient (Wildman–Crippen LogP) is 0.856. The first-order chi connectivity index (χ1) is 13.5. The van der Waals surface area contributed by atoms with Crippen molar-refractivity contribution < 1.29 is 28.7 Å². The zero-order valence-electron chi connectivity index (χ0n) is 15.6. The maximum atomic E-state index is 12.0. The first kappa shape index (κ1) is 20.7. The van der Waals surface area contributed by atoms with Gasteiger partial charge in [-0.2, -0.15) is 0 Å². The molecule has 4 N–H and O–H groups in total. The number of esters is 2. The number of ether oxygens (including phenoxy) is 2. The fraction of sp³-hybridized carbons (Fsp3) is 0.333. The van der Waals surface area contributed by atoms with E-state index in [2.05, 4.69) is 30.1 Å². The van der Waals surface area contributed by atoms with Crippen molar-refractivity contribution in [3.8, 4) is 0 Å². The molecule has 2 amide bonds. The Kier molecular flexibility index (Phi) is 7.37. The van der Waals surface area contributed by atoms with E-state index in [9.17, 15) is 19.2 Å². The zero-order chi connectivity index (χ0) is 20.5. The molecule has 0 aliphatic carbocycles. The van der Waals surface area contributed by atoms with Crippen molar-refractivity contribution in [2.75, 3.05) is 27.3 Å². The lowest BCUT2D eigenvalue weighted by atomic mass is 10.3. The van der Waals surface area contributed by atoms with Gasteiger partial charge in [-0.1, -0.05) is 0 Å². The summed E-state index contributed by atoms with van der Waals surface area (Å²) in [6, 6.07) is 5.95. The van der Waals surface area contributed by atoms with Crippen LogP contribution in [0.2, 0.25) is 0 Å². The summed E-state index contributed by atoms with van der Waals surface area (Å²) >= 11 is 0.